The molecule has 0 radical (unpaired) electrons. The number of aryl methyl sites for hydroxylation is 3. The second-order valence-electron chi connectivity index (χ2n) is 5.17. The molecule has 0 fully saturated rings. The van der Waals surface area contributed by atoms with Gasteiger partial charge in [-0.2, -0.15) is 0 Å². The Bertz CT molecular complexity index is 542. The predicted octanol–water partition coefficient (Wildman–Crippen LogP) is 5.23. The van der Waals surface area contributed by atoms with Gasteiger partial charge in [0.25, 0.3) is 0 Å². The molecule has 2 aromatic heterocycles. The number of halogens is 1. The maximum Gasteiger partial charge on any atom is 0.122 e. The standard InChI is InChI=1S/C15H17BrOS2/c1-9-7-12(19-15(9)16)14(17)13-8-10-5-3-2-4-6-11(10)18-13/h7-8,14,17H,2-6H2,1H3. The van der Waals surface area contributed by atoms with Gasteiger partial charge in [0, 0.05) is 14.6 Å². The summed E-state index contributed by atoms with van der Waals surface area (Å²) in [5, 5.41) is 10.5. The Morgan fingerprint density at radius 3 is 2.58 bits per heavy atom. The van der Waals surface area contributed by atoms with Gasteiger partial charge >= 0.3 is 0 Å². The summed E-state index contributed by atoms with van der Waals surface area (Å²) in [5.74, 6) is 0. The van der Waals surface area contributed by atoms with Gasteiger partial charge in [0.1, 0.15) is 6.10 Å². The van der Waals surface area contributed by atoms with Gasteiger partial charge in [0.2, 0.25) is 0 Å². The summed E-state index contributed by atoms with van der Waals surface area (Å²) >= 11 is 6.98. The summed E-state index contributed by atoms with van der Waals surface area (Å²) < 4.78 is 1.12. The van der Waals surface area contributed by atoms with E-state index in [1.807, 2.05) is 11.3 Å². The molecule has 0 saturated carbocycles. The van der Waals surface area contributed by atoms with Crippen molar-refractivity contribution < 1.29 is 5.11 Å². The lowest BCUT2D eigenvalue weighted by Crippen LogP contribution is -1.93. The molecule has 1 aliphatic rings. The third-order valence-electron chi connectivity index (χ3n) is 3.68. The van der Waals surface area contributed by atoms with Crippen LogP contribution in [0.25, 0.3) is 0 Å². The number of hydrogen-bond donors (Lipinski definition) is 1. The molecule has 0 saturated heterocycles. The van der Waals surface area contributed by atoms with E-state index in [-0.39, 0.29) is 0 Å². The van der Waals surface area contributed by atoms with Crippen LogP contribution in [-0.2, 0) is 12.8 Å². The van der Waals surface area contributed by atoms with Crippen molar-refractivity contribution in [3.8, 4) is 0 Å². The highest BCUT2D eigenvalue weighted by molar-refractivity contribution is 9.11. The topological polar surface area (TPSA) is 20.2 Å². The zero-order valence-electron chi connectivity index (χ0n) is 10.9. The molecule has 102 valence electrons. The van der Waals surface area contributed by atoms with Crippen molar-refractivity contribution in [3.63, 3.8) is 0 Å². The van der Waals surface area contributed by atoms with Crippen LogP contribution in [0, 0.1) is 6.92 Å². The Labute approximate surface area is 130 Å². The maximum absolute atomic E-state index is 10.5. The van der Waals surface area contributed by atoms with Gasteiger partial charge in [-0.05, 0) is 71.8 Å². The molecule has 19 heavy (non-hydrogen) atoms. The Kier molecular flexibility index (Phi) is 4.13. The van der Waals surface area contributed by atoms with Crippen molar-refractivity contribution in [2.24, 2.45) is 0 Å². The molecule has 0 aromatic carbocycles. The van der Waals surface area contributed by atoms with Crippen LogP contribution < -0.4 is 0 Å². The first-order chi connectivity index (χ1) is 9.15. The Morgan fingerprint density at radius 1 is 1.11 bits per heavy atom. The first-order valence-corrected chi connectivity index (χ1v) is 9.13. The minimum atomic E-state index is -0.452. The van der Waals surface area contributed by atoms with Crippen molar-refractivity contribution in [3.05, 3.63) is 41.7 Å². The van der Waals surface area contributed by atoms with Crippen LogP contribution in [0.3, 0.4) is 0 Å². The highest BCUT2D eigenvalue weighted by Crippen LogP contribution is 2.39. The van der Waals surface area contributed by atoms with E-state index in [1.165, 1.54) is 48.1 Å². The minimum absolute atomic E-state index is 0.452. The number of thiophene rings is 2. The number of hydrogen-bond acceptors (Lipinski definition) is 3. The van der Waals surface area contributed by atoms with Gasteiger partial charge < -0.3 is 5.11 Å². The van der Waals surface area contributed by atoms with E-state index in [0.29, 0.717) is 0 Å². The van der Waals surface area contributed by atoms with E-state index >= 15 is 0 Å². The molecule has 2 heterocycles. The SMILES string of the molecule is Cc1cc(C(O)c2cc3c(s2)CCCCC3)sc1Br. The lowest BCUT2D eigenvalue weighted by Gasteiger charge is -2.05. The summed E-state index contributed by atoms with van der Waals surface area (Å²) in [6, 6.07) is 4.32. The molecule has 1 unspecified atom stereocenters. The van der Waals surface area contributed by atoms with Crippen LogP contribution in [0.4, 0.5) is 0 Å². The summed E-state index contributed by atoms with van der Waals surface area (Å²) in [7, 11) is 0. The Hall–Kier alpha value is -0.160. The second-order valence-corrected chi connectivity index (χ2v) is 8.74. The lowest BCUT2D eigenvalue weighted by atomic mass is 10.1. The van der Waals surface area contributed by atoms with Gasteiger partial charge in [-0.3, -0.25) is 0 Å². The van der Waals surface area contributed by atoms with Gasteiger partial charge in [-0.25, -0.2) is 0 Å². The lowest BCUT2D eigenvalue weighted by molar-refractivity contribution is 0.228. The van der Waals surface area contributed by atoms with Crippen molar-refractivity contribution in [2.75, 3.05) is 0 Å². The molecule has 0 bridgehead atoms. The number of rotatable bonds is 2. The van der Waals surface area contributed by atoms with Crippen LogP contribution in [0.5, 0.6) is 0 Å². The van der Waals surface area contributed by atoms with Crippen LogP contribution in [0.2, 0.25) is 0 Å². The molecule has 0 spiro atoms. The summed E-state index contributed by atoms with van der Waals surface area (Å²) in [6.45, 7) is 2.07. The molecule has 1 N–H and O–H groups in total. The van der Waals surface area contributed by atoms with E-state index < -0.39 is 6.10 Å². The summed E-state index contributed by atoms with van der Waals surface area (Å²) in [6.07, 6.45) is 5.87. The third kappa shape index (κ3) is 2.82. The molecule has 1 nitrogen and oxygen atoms in total. The van der Waals surface area contributed by atoms with Crippen molar-refractivity contribution in [1.82, 2.24) is 0 Å². The van der Waals surface area contributed by atoms with Crippen molar-refractivity contribution >= 4 is 38.6 Å². The second kappa shape index (κ2) is 5.68. The quantitative estimate of drug-likeness (QED) is 0.730. The van der Waals surface area contributed by atoms with E-state index in [9.17, 15) is 5.11 Å². The molecular formula is C15H17BrOS2. The average molecular weight is 357 g/mol. The molecule has 0 amide bonds. The first kappa shape index (κ1) is 13.8. The highest BCUT2D eigenvalue weighted by atomic mass is 79.9. The molecule has 1 aliphatic carbocycles. The van der Waals surface area contributed by atoms with Crippen molar-refractivity contribution in [1.29, 1.82) is 0 Å². The average Bonchev–Trinajstić information content (AvgIpc) is 2.87. The van der Waals surface area contributed by atoms with Crippen molar-refractivity contribution in [2.45, 2.75) is 45.1 Å². The molecule has 3 rings (SSSR count). The monoisotopic (exact) mass is 356 g/mol. The van der Waals surface area contributed by atoms with Gasteiger partial charge in [-0.1, -0.05) is 6.42 Å². The van der Waals surface area contributed by atoms with Gasteiger partial charge in [0.05, 0.1) is 3.79 Å². The number of aliphatic hydroxyl groups excluding tert-OH is 1. The fourth-order valence-electron chi connectivity index (χ4n) is 2.58. The summed E-state index contributed by atoms with van der Waals surface area (Å²) in [4.78, 5) is 3.65. The zero-order chi connectivity index (χ0) is 13.4. The molecule has 0 aliphatic heterocycles. The number of fused-ring (bicyclic) bond motifs is 1. The molecule has 1 atom stereocenters. The summed E-state index contributed by atoms with van der Waals surface area (Å²) in [5.41, 5.74) is 2.68. The van der Waals surface area contributed by atoms with Crippen LogP contribution in [0.1, 0.15) is 51.1 Å². The van der Waals surface area contributed by atoms with Gasteiger partial charge in [0.15, 0.2) is 0 Å². The van der Waals surface area contributed by atoms with E-state index in [1.54, 1.807) is 11.3 Å². The molecular weight excluding hydrogens is 340 g/mol. The smallest absolute Gasteiger partial charge is 0.122 e. The minimum Gasteiger partial charge on any atom is -0.382 e. The van der Waals surface area contributed by atoms with Crippen LogP contribution in [-0.4, -0.2) is 5.11 Å². The van der Waals surface area contributed by atoms with Crippen LogP contribution >= 0.6 is 38.6 Å². The predicted molar refractivity (Wildman–Crippen MR) is 86.4 cm³/mol. The molecule has 2 aromatic rings. The number of aliphatic hydroxyl groups is 1. The Balaban J connectivity index is 1.89. The molecule has 4 heteroatoms. The van der Waals surface area contributed by atoms with E-state index in [4.69, 9.17) is 0 Å². The van der Waals surface area contributed by atoms with E-state index in [2.05, 4.69) is 35.0 Å². The largest absolute Gasteiger partial charge is 0.382 e. The van der Waals surface area contributed by atoms with Gasteiger partial charge in [-0.15, -0.1) is 22.7 Å². The van der Waals surface area contributed by atoms with E-state index in [0.717, 1.165) is 13.5 Å². The third-order valence-corrected chi connectivity index (χ3v) is 7.16. The highest BCUT2D eigenvalue weighted by Gasteiger charge is 2.20. The Morgan fingerprint density at radius 2 is 1.84 bits per heavy atom. The fourth-order valence-corrected chi connectivity index (χ4v) is 5.50. The normalized spacial score (nSPS) is 17.0. The van der Waals surface area contributed by atoms with Crippen LogP contribution in [0.15, 0.2) is 15.9 Å². The first-order valence-electron chi connectivity index (χ1n) is 6.70. The maximum atomic E-state index is 10.5. The fraction of sp³-hybridized carbons (Fsp3) is 0.467. The zero-order valence-corrected chi connectivity index (χ0v) is 14.1.